The van der Waals surface area contributed by atoms with Crippen molar-refractivity contribution in [2.75, 3.05) is 29.0 Å². The monoisotopic (exact) mass is 392 g/mol. The normalized spacial score (nSPS) is 16.4. The highest BCUT2D eigenvalue weighted by atomic mass is 32.2. The lowest BCUT2D eigenvalue weighted by molar-refractivity contribution is 0.415. The maximum atomic E-state index is 14.4. The van der Waals surface area contributed by atoms with Crippen LogP contribution in [0.15, 0.2) is 47.5 Å². The first-order chi connectivity index (χ1) is 12.9. The van der Waals surface area contributed by atoms with Crippen molar-refractivity contribution in [3.8, 4) is 5.75 Å². The summed E-state index contributed by atoms with van der Waals surface area (Å²) in [5.74, 6) is 0.375. The lowest BCUT2D eigenvalue weighted by atomic mass is 10.2. The molecule has 3 N–H and O–H groups in total. The number of guanidine groups is 1. The summed E-state index contributed by atoms with van der Waals surface area (Å²) in [6.07, 6.45) is 0.501. The van der Waals surface area contributed by atoms with Gasteiger partial charge in [-0.3, -0.25) is 4.31 Å². The Hall–Kier alpha value is -2.81. The number of ether oxygens (including phenoxy) is 1. The molecule has 144 valence electrons. The zero-order valence-corrected chi connectivity index (χ0v) is 15.7. The second kappa shape index (κ2) is 7.83. The second-order valence-corrected chi connectivity index (χ2v) is 8.10. The van der Waals surface area contributed by atoms with E-state index in [1.54, 1.807) is 37.4 Å². The fraction of sp³-hybridized carbons (Fsp3) is 0.278. The van der Waals surface area contributed by atoms with Crippen molar-refractivity contribution in [1.29, 1.82) is 0 Å². The minimum atomic E-state index is -3.41. The van der Waals surface area contributed by atoms with Crippen molar-refractivity contribution in [2.45, 2.75) is 13.0 Å². The van der Waals surface area contributed by atoms with Crippen molar-refractivity contribution < 1.29 is 17.5 Å². The molecule has 1 saturated heterocycles. The Morgan fingerprint density at radius 3 is 2.63 bits per heavy atom. The summed E-state index contributed by atoms with van der Waals surface area (Å²) in [7, 11) is -1.83. The van der Waals surface area contributed by atoms with Crippen molar-refractivity contribution in [3.05, 3.63) is 53.8 Å². The molecule has 0 aromatic heterocycles. The van der Waals surface area contributed by atoms with Gasteiger partial charge in [-0.2, -0.15) is 0 Å². The van der Waals surface area contributed by atoms with Crippen LogP contribution in [0.2, 0.25) is 0 Å². The highest BCUT2D eigenvalue weighted by Crippen LogP contribution is 2.27. The third-order valence-electron chi connectivity index (χ3n) is 4.17. The van der Waals surface area contributed by atoms with E-state index in [-0.39, 0.29) is 23.9 Å². The third-order valence-corrected chi connectivity index (χ3v) is 6.03. The summed E-state index contributed by atoms with van der Waals surface area (Å²) >= 11 is 0. The summed E-state index contributed by atoms with van der Waals surface area (Å²) in [6, 6.07) is 11.6. The number of nitrogens with one attached hydrogen (secondary N) is 1. The van der Waals surface area contributed by atoms with Crippen LogP contribution in [-0.4, -0.2) is 33.8 Å². The van der Waals surface area contributed by atoms with Crippen molar-refractivity contribution in [2.24, 2.45) is 10.7 Å². The van der Waals surface area contributed by atoms with Gasteiger partial charge in [0, 0.05) is 12.2 Å². The highest BCUT2D eigenvalue weighted by Gasteiger charge is 2.30. The van der Waals surface area contributed by atoms with Gasteiger partial charge in [0.15, 0.2) is 5.96 Å². The number of aliphatic imine (C=N–C) groups is 1. The first kappa shape index (κ1) is 19.0. The molecule has 0 aliphatic carbocycles. The quantitative estimate of drug-likeness (QED) is 0.601. The number of nitrogens with two attached hydrogens (primary N) is 1. The van der Waals surface area contributed by atoms with E-state index in [9.17, 15) is 12.8 Å². The number of nitrogens with zero attached hydrogens (tertiary/aromatic N) is 2. The maximum absolute atomic E-state index is 14.4. The Bertz CT molecular complexity index is 946. The summed E-state index contributed by atoms with van der Waals surface area (Å²) in [4.78, 5) is 4.18. The van der Waals surface area contributed by atoms with Gasteiger partial charge < -0.3 is 15.8 Å². The Morgan fingerprint density at radius 2 is 2.04 bits per heavy atom. The number of sulfonamides is 1. The number of methoxy groups -OCH3 is 1. The minimum Gasteiger partial charge on any atom is -0.497 e. The smallest absolute Gasteiger partial charge is 0.235 e. The largest absolute Gasteiger partial charge is 0.497 e. The van der Waals surface area contributed by atoms with E-state index in [2.05, 4.69) is 10.3 Å². The molecule has 9 heteroatoms. The molecule has 1 aliphatic heterocycles. The molecule has 0 bridgehead atoms. The van der Waals surface area contributed by atoms with Gasteiger partial charge in [-0.25, -0.2) is 17.8 Å². The fourth-order valence-corrected chi connectivity index (χ4v) is 4.37. The fourth-order valence-electron chi connectivity index (χ4n) is 2.80. The summed E-state index contributed by atoms with van der Waals surface area (Å²) in [5, 5.41) is 2.94. The van der Waals surface area contributed by atoms with Crippen LogP contribution in [0.3, 0.4) is 0 Å². The number of benzene rings is 2. The number of halogens is 1. The molecule has 2 aromatic rings. The van der Waals surface area contributed by atoms with Gasteiger partial charge in [0.1, 0.15) is 11.6 Å². The molecule has 0 saturated carbocycles. The van der Waals surface area contributed by atoms with Gasteiger partial charge in [0.05, 0.1) is 25.1 Å². The van der Waals surface area contributed by atoms with Crippen molar-refractivity contribution >= 4 is 27.4 Å². The van der Waals surface area contributed by atoms with E-state index >= 15 is 0 Å². The Balaban J connectivity index is 1.66. The molecule has 0 atom stereocenters. The van der Waals surface area contributed by atoms with Crippen LogP contribution in [-0.2, 0) is 16.6 Å². The molecule has 0 unspecified atom stereocenters. The van der Waals surface area contributed by atoms with Crippen molar-refractivity contribution in [1.82, 2.24) is 0 Å². The highest BCUT2D eigenvalue weighted by molar-refractivity contribution is 7.93. The van der Waals surface area contributed by atoms with Crippen LogP contribution in [0.5, 0.6) is 5.75 Å². The van der Waals surface area contributed by atoms with Gasteiger partial charge >= 0.3 is 0 Å². The first-order valence-corrected chi connectivity index (χ1v) is 10.00. The number of hydrogen-bond acceptors (Lipinski definition) is 4. The zero-order valence-electron chi connectivity index (χ0n) is 14.9. The Kier molecular flexibility index (Phi) is 5.50. The molecule has 27 heavy (non-hydrogen) atoms. The molecule has 1 fully saturated rings. The van der Waals surface area contributed by atoms with Gasteiger partial charge in [0.25, 0.3) is 0 Å². The minimum absolute atomic E-state index is 0.0477. The molecular formula is C18H21FN4O3S. The zero-order chi connectivity index (χ0) is 19.4. The van der Waals surface area contributed by atoms with Crippen LogP contribution < -0.4 is 20.1 Å². The van der Waals surface area contributed by atoms with Crippen LogP contribution in [0, 0.1) is 5.82 Å². The summed E-state index contributed by atoms with van der Waals surface area (Å²) < 4.78 is 44.4. The molecule has 1 heterocycles. The van der Waals surface area contributed by atoms with Crippen LogP contribution >= 0.6 is 0 Å². The average Bonchev–Trinajstić information content (AvgIpc) is 3.00. The molecular weight excluding hydrogens is 371 g/mol. The van der Waals surface area contributed by atoms with Gasteiger partial charge in [-0.15, -0.1) is 0 Å². The summed E-state index contributed by atoms with van der Waals surface area (Å²) in [5.41, 5.74) is 7.27. The molecule has 0 spiro atoms. The molecule has 0 amide bonds. The molecule has 1 aliphatic rings. The summed E-state index contributed by atoms with van der Waals surface area (Å²) in [6.45, 7) is 0.467. The van der Waals surface area contributed by atoms with E-state index in [1.807, 2.05) is 0 Å². The van der Waals surface area contributed by atoms with E-state index in [1.165, 1.54) is 12.1 Å². The molecule has 3 rings (SSSR count). The average molecular weight is 392 g/mol. The van der Waals surface area contributed by atoms with Gasteiger partial charge in [0.2, 0.25) is 10.0 Å². The molecule has 2 aromatic carbocycles. The van der Waals surface area contributed by atoms with E-state index < -0.39 is 15.8 Å². The molecule has 0 radical (unpaired) electrons. The van der Waals surface area contributed by atoms with E-state index in [4.69, 9.17) is 10.5 Å². The van der Waals surface area contributed by atoms with E-state index in [0.29, 0.717) is 18.5 Å². The predicted molar refractivity (Wildman–Crippen MR) is 104 cm³/mol. The number of anilines is 2. The van der Waals surface area contributed by atoms with Gasteiger partial charge in [-0.1, -0.05) is 6.07 Å². The van der Waals surface area contributed by atoms with Crippen LogP contribution in [0.25, 0.3) is 0 Å². The lowest BCUT2D eigenvalue weighted by Gasteiger charge is -2.17. The SMILES string of the molecule is COc1ccc(NC(N)=NCc2ccc(N3CCCS3(=O)=O)c(F)c2)cc1. The number of hydrogen-bond donors (Lipinski definition) is 2. The van der Waals surface area contributed by atoms with E-state index in [0.717, 1.165) is 15.7 Å². The first-order valence-electron chi connectivity index (χ1n) is 8.39. The Labute approximate surface area is 157 Å². The number of rotatable bonds is 5. The van der Waals surface area contributed by atoms with Gasteiger partial charge in [-0.05, 0) is 48.4 Å². The van der Waals surface area contributed by atoms with Crippen molar-refractivity contribution in [3.63, 3.8) is 0 Å². The lowest BCUT2D eigenvalue weighted by Crippen LogP contribution is -2.26. The molecule has 7 nitrogen and oxygen atoms in total. The van der Waals surface area contributed by atoms with Crippen LogP contribution in [0.1, 0.15) is 12.0 Å². The Morgan fingerprint density at radius 1 is 1.30 bits per heavy atom. The van der Waals surface area contributed by atoms with Crippen LogP contribution in [0.4, 0.5) is 15.8 Å². The standard InChI is InChI=1S/C18H21FN4O3S/c1-26-15-6-4-14(5-7-15)22-18(20)21-12-13-3-8-17(16(19)11-13)23-9-2-10-27(23,24)25/h3-8,11H,2,9-10,12H2,1H3,(H3,20,21,22). The third kappa shape index (κ3) is 4.48. The topological polar surface area (TPSA) is 97.0 Å². The maximum Gasteiger partial charge on any atom is 0.235 e. The second-order valence-electron chi connectivity index (χ2n) is 6.08. The predicted octanol–water partition coefficient (Wildman–Crippen LogP) is 2.30.